The molecule has 0 amide bonds. The van der Waals surface area contributed by atoms with Gasteiger partial charge in [0, 0.05) is 5.57 Å². The van der Waals surface area contributed by atoms with Crippen molar-refractivity contribution in [1.29, 1.82) is 0 Å². The summed E-state index contributed by atoms with van der Waals surface area (Å²) in [6.07, 6.45) is 0. The molecule has 2 aromatic carbocycles. The standard InChI is InChI=1S/C17H16N2O4/c1-11(2)17(21)23-22-15-7-4-13(5-8-15)18-19-14-6-9-16(20)12(3)10-14/h4-10,20H,1H2,2-3H3. The number of aryl methyl sites for hydroxylation is 1. The van der Waals surface area contributed by atoms with E-state index in [1.807, 2.05) is 0 Å². The highest BCUT2D eigenvalue weighted by Gasteiger charge is 2.05. The molecule has 6 heteroatoms. The fourth-order valence-corrected chi connectivity index (χ4v) is 1.54. The Balaban J connectivity index is 1.99. The molecule has 2 rings (SSSR count). The minimum absolute atomic E-state index is 0.217. The summed E-state index contributed by atoms with van der Waals surface area (Å²) in [6, 6.07) is 11.5. The van der Waals surface area contributed by atoms with Crippen LogP contribution in [0.4, 0.5) is 11.4 Å². The van der Waals surface area contributed by atoms with E-state index < -0.39 is 5.97 Å². The molecule has 0 radical (unpaired) electrons. The van der Waals surface area contributed by atoms with Crippen molar-refractivity contribution in [2.75, 3.05) is 0 Å². The molecule has 118 valence electrons. The van der Waals surface area contributed by atoms with Gasteiger partial charge in [-0.2, -0.15) is 10.2 Å². The van der Waals surface area contributed by atoms with Crippen molar-refractivity contribution in [3.05, 3.63) is 60.2 Å². The topological polar surface area (TPSA) is 80.5 Å². The number of azo groups is 1. The largest absolute Gasteiger partial charge is 0.508 e. The lowest BCUT2D eigenvalue weighted by atomic mass is 10.2. The van der Waals surface area contributed by atoms with Crippen LogP contribution in [0.1, 0.15) is 12.5 Å². The molecular formula is C17H16N2O4. The Labute approximate surface area is 133 Å². The molecule has 2 aromatic rings. The van der Waals surface area contributed by atoms with Crippen LogP contribution in [0.2, 0.25) is 0 Å². The van der Waals surface area contributed by atoms with Crippen molar-refractivity contribution in [1.82, 2.24) is 0 Å². The van der Waals surface area contributed by atoms with E-state index in [2.05, 4.69) is 21.7 Å². The average Bonchev–Trinajstić information content (AvgIpc) is 2.54. The summed E-state index contributed by atoms with van der Waals surface area (Å²) < 4.78 is 0. The van der Waals surface area contributed by atoms with Gasteiger partial charge in [0.15, 0.2) is 5.75 Å². The van der Waals surface area contributed by atoms with E-state index >= 15 is 0 Å². The summed E-state index contributed by atoms with van der Waals surface area (Å²) >= 11 is 0. The van der Waals surface area contributed by atoms with Crippen LogP contribution in [0.15, 0.2) is 64.8 Å². The van der Waals surface area contributed by atoms with Gasteiger partial charge < -0.3 is 5.11 Å². The number of phenols is 1. The van der Waals surface area contributed by atoms with Crippen LogP contribution in [-0.2, 0) is 9.68 Å². The molecule has 1 N–H and O–H groups in total. The minimum Gasteiger partial charge on any atom is -0.508 e. The van der Waals surface area contributed by atoms with Crippen LogP contribution in [0, 0.1) is 6.92 Å². The summed E-state index contributed by atoms with van der Waals surface area (Å²) in [7, 11) is 0. The number of nitrogens with zero attached hydrogens (tertiary/aromatic N) is 2. The molecule has 0 fully saturated rings. The number of carbonyl (C=O) groups is 1. The number of benzene rings is 2. The van der Waals surface area contributed by atoms with Crippen molar-refractivity contribution < 1.29 is 19.7 Å². The van der Waals surface area contributed by atoms with Gasteiger partial charge in [-0.1, -0.05) is 6.58 Å². The predicted molar refractivity (Wildman–Crippen MR) is 85.0 cm³/mol. The first-order valence-electron chi connectivity index (χ1n) is 6.81. The van der Waals surface area contributed by atoms with Gasteiger partial charge >= 0.3 is 5.97 Å². The predicted octanol–water partition coefficient (Wildman–Crippen LogP) is 4.53. The van der Waals surface area contributed by atoms with E-state index in [1.54, 1.807) is 49.4 Å². The first-order valence-corrected chi connectivity index (χ1v) is 6.81. The minimum atomic E-state index is -0.628. The Kier molecular flexibility index (Phi) is 5.09. The molecule has 0 saturated carbocycles. The third-order valence-corrected chi connectivity index (χ3v) is 2.86. The normalized spacial score (nSPS) is 10.5. The van der Waals surface area contributed by atoms with Crippen molar-refractivity contribution in [3.8, 4) is 11.5 Å². The Hall–Kier alpha value is -3.15. The van der Waals surface area contributed by atoms with E-state index in [1.165, 1.54) is 6.92 Å². The van der Waals surface area contributed by atoms with Crippen molar-refractivity contribution in [2.45, 2.75) is 13.8 Å². The second kappa shape index (κ2) is 7.22. The van der Waals surface area contributed by atoms with Gasteiger partial charge in [-0.15, -0.1) is 0 Å². The summed E-state index contributed by atoms with van der Waals surface area (Å²) in [5.74, 6) is -0.0507. The molecule has 0 aliphatic heterocycles. The van der Waals surface area contributed by atoms with E-state index in [-0.39, 0.29) is 11.3 Å². The molecule has 0 bridgehead atoms. The van der Waals surface area contributed by atoms with E-state index in [9.17, 15) is 9.90 Å². The molecule has 23 heavy (non-hydrogen) atoms. The Morgan fingerprint density at radius 1 is 1.09 bits per heavy atom. The van der Waals surface area contributed by atoms with E-state index in [0.29, 0.717) is 17.1 Å². The molecule has 0 aliphatic rings. The Morgan fingerprint density at radius 2 is 1.70 bits per heavy atom. The van der Waals surface area contributed by atoms with Gasteiger partial charge in [0.05, 0.1) is 11.4 Å². The maximum absolute atomic E-state index is 11.2. The van der Waals surface area contributed by atoms with Crippen LogP contribution in [0.25, 0.3) is 0 Å². The molecular weight excluding hydrogens is 296 g/mol. The van der Waals surface area contributed by atoms with Gasteiger partial charge in [0.25, 0.3) is 0 Å². The molecule has 0 aliphatic carbocycles. The van der Waals surface area contributed by atoms with E-state index in [4.69, 9.17) is 4.89 Å². The summed E-state index contributed by atoms with van der Waals surface area (Å²) in [5, 5.41) is 17.6. The summed E-state index contributed by atoms with van der Waals surface area (Å²) in [4.78, 5) is 20.6. The molecule has 0 unspecified atom stereocenters. The molecule has 0 atom stereocenters. The zero-order valence-electron chi connectivity index (χ0n) is 12.8. The Morgan fingerprint density at radius 3 is 2.30 bits per heavy atom. The first kappa shape index (κ1) is 16.2. The fourth-order valence-electron chi connectivity index (χ4n) is 1.54. The molecule has 0 aromatic heterocycles. The highest BCUT2D eigenvalue weighted by Crippen LogP contribution is 2.25. The van der Waals surface area contributed by atoms with Crippen LogP contribution in [0.5, 0.6) is 11.5 Å². The van der Waals surface area contributed by atoms with Gasteiger partial charge in [0.1, 0.15) is 5.75 Å². The quantitative estimate of drug-likeness (QED) is 0.381. The smallest absolute Gasteiger partial charge is 0.381 e. The van der Waals surface area contributed by atoms with Gasteiger partial charge in [-0.3, -0.25) is 4.89 Å². The van der Waals surface area contributed by atoms with Crippen LogP contribution < -0.4 is 4.89 Å². The maximum atomic E-state index is 11.2. The first-order chi connectivity index (χ1) is 11.0. The Bertz CT molecular complexity index is 752. The third-order valence-electron chi connectivity index (χ3n) is 2.86. The lowest BCUT2D eigenvalue weighted by Gasteiger charge is -2.03. The lowest BCUT2D eigenvalue weighted by molar-refractivity contribution is -0.208. The number of rotatable bonds is 5. The monoisotopic (exact) mass is 312 g/mol. The maximum Gasteiger partial charge on any atom is 0.381 e. The molecule has 6 nitrogen and oxygen atoms in total. The third kappa shape index (κ3) is 4.67. The average molecular weight is 312 g/mol. The lowest BCUT2D eigenvalue weighted by Crippen LogP contribution is -2.07. The van der Waals surface area contributed by atoms with Crippen LogP contribution >= 0.6 is 0 Å². The zero-order valence-corrected chi connectivity index (χ0v) is 12.8. The number of phenolic OH excluding ortho intramolecular Hbond substituents is 1. The number of aromatic hydroxyl groups is 1. The van der Waals surface area contributed by atoms with Crippen molar-refractivity contribution >= 4 is 17.3 Å². The van der Waals surface area contributed by atoms with Crippen LogP contribution in [-0.4, -0.2) is 11.1 Å². The molecule has 0 spiro atoms. The second-order valence-corrected chi connectivity index (χ2v) is 4.90. The van der Waals surface area contributed by atoms with Crippen molar-refractivity contribution in [3.63, 3.8) is 0 Å². The van der Waals surface area contributed by atoms with E-state index in [0.717, 1.165) is 5.56 Å². The number of hydrogen-bond donors (Lipinski definition) is 1. The van der Waals surface area contributed by atoms with Gasteiger partial charge in [-0.25, -0.2) is 9.68 Å². The summed E-state index contributed by atoms with van der Waals surface area (Å²) in [5.41, 5.74) is 2.22. The number of hydrogen-bond acceptors (Lipinski definition) is 6. The highest BCUT2D eigenvalue weighted by atomic mass is 17.2. The van der Waals surface area contributed by atoms with Gasteiger partial charge in [0.2, 0.25) is 0 Å². The van der Waals surface area contributed by atoms with Crippen molar-refractivity contribution in [2.24, 2.45) is 10.2 Å². The summed E-state index contributed by atoms with van der Waals surface area (Å²) in [6.45, 7) is 6.76. The molecule has 0 saturated heterocycles. The molecule has 0 heterocycles. The zero-order chi connectivity index (χ0) is 16.8. The second-order valence-electron chi connectivity index (χ2n) is 4.90. The van der Waals surface area contributed by atoms with Crippen LogP contribution in [0.3, 0.4) is 0 Å². The number of carbonyl (C=O) groups excluding carboxylic acids is 1. The SMILES string of the molecule is C=C(C)C(=O)OOc1ccc(N=Nc2ccc(O)c(C)c2)cc1. The van der Waals surface area contributed by atoms with Gasteiger partial charge in [-0.05, 0) is 61.9 Å². The highest BCUT2D eigenvalue weighted by molar-refractivity contribution is 5.86. The fraction of sp³-hybridized carbons (Fsp3) is 0.118.